The minimum absolute atomic E-state index is 0.0232. The number of likely N-dealkylation sites (N-methyl/N-ethyl adjacent to an activating group) is 1. The molecule has 2 rings (SSSR count). The van der Waals surface area contributed by atoms with Crippen LogP contribution in [0.2, 0.25) is 0 Å². The van der Waals surface area contributed by atoms with Gasteiger partial charge in [0.2, 0.25) is 17.7 Å². The van der Waals surface area contributed by atoms with Gasteiger partial charge in [0, 0.05) is 70.2 Å². The first-order chi connectivity index (χ1) is 40.1. The molecule has 12 nitrogen and oxygen atoms in total. The Bertz CT molecular complexity index is 1750. The molecule has 1 aromatic rings. The van der Waals surface area contributed by atoms with Crippen LogP contribution < -0.4 is 16.0 Å². The van der Waals surface area contributed by atoms with E-state index >= 15 is 0 Å². The Kier molecular flexibility index (Phi) is 49.0. The van der Waals surface area contributed by atoms with Gasteiger partial charge in [-0.25, -0.2) is 4.98 Å². The molecule has 82 heavy (non-hydrogen) atoms. The van der Waals surface area contributed by atoms with Gasteiger partial charge in [-0.1, -0.05) is 169 Å². The molecule has 1 aliphatic rings. The van der Waals surface area contributed by atoms with Crippen molar-refractivity contribution in [2.75, 3.05) is 65.3 Å². The molecular formula is C68H119N5O7S2. The Hall–Kier alpha value is -2.98. The number of amides is 3. The van der Waals surface area contributed by atoms with E-state index in [-0.39, 0.29) is 23.8 Å². The summed E-state index contributed by atoms with van der Waals surface area (Å²) in [5.41, 5.74) is 0. The summed E-state index contributed by atoms with van der Waals surface area (Å²) in [6.45, 7) is 12.8. The molecule has 3 N–H and O–H groups in total. The molecule has 0 aliphatic carbocycles. The first-order valence-electron chi connectivity index (χ1n) is 32.9. The number of allylic oxidation sites excluding steroid dienone is 8. The summed E-state index contributed by atoms with van der Waals surface area (Å²) in [6, 6.07) is 5.77. The molecule has 0 bridgehead atoms. The van der Waals surface area contributed by atoms with E-state index in [4.69, 9.17) is 18.9 Å². The van der Waals surface area contributed by atoms with E-state index < -0.39 is 11.6 Å². The molecule has 14 heteroatoms. The molecule has 2 heterocycles. The average Bonchev–Trinajstić information content (AvgIpc) is 3.86. The van der Waals surface area contributed by atoms with Crippen LogP contribution in [0.25, 0.3) is 0 Å². The minimum atomic E-state index is -0.851. The normalized spacial score (nSPS) is 14.6. The summed E-state index contributed by atoms with van der Waals surface area (Å²) in [5.74, 6) is -0.611. The number of carbonyl (C=O) groups is 3. The fourth-order valence-electron chi connectivity index (χ4n) is 9.87. The van der Waals surface area contributed by atoms with Crippen LogP contribution in [0.3, 0.4) is 0 Å². The monoisotopic (exact) mass is 1180 g/mol. The number of carbonyl (C=O) groups excluding carboxylic acids is 3. The van der Waals surface area contributed by atoms with Crippen LogP contribution in [-0.2, 0) is 33.3 Å². The van der Waals surface area contributed by atoms with Crippen molar-refractivity contribution in [3.8, 4) is 0 Å². The number of pyridine rings is 1. The van der Waals surface area contributed by atoms with E-state index in [0.717, 1.165) is 69.5 Å². The van der Waals surface area contributed by atoms with E-state index in [1.54, 1.807) is 27.8 Å². The van der Waals surface area contributed by atoms with Gasteiger partial charge in [0.05, 0.1) is 25.9 Å². The highest BCUT2D eigenvalue weighted by Crippen LogP contribution is 2.35. The van der Waals surface area contributed by atoms with Crippen molar-refractivity contribution in [1.82, 2.24) is 25.8 Å². The van der Waals surface area contributed by atoms with Crippen LogP contribution in [0.1, 0.15) is 252 Å². The van der Waals surface area contributed by atoms with E-state index in [0.29, 0.717) is 77.3 Å². The molecular weight excluding hydrogens is 1060 g/mol. The van der Waals surface area contributed by atoms with Gasteiger partial charge in [-0.2, -0.15) is 0 Å². The van der Waals surface area contributed by atoms with Crippen molar-refractivity contribution < 1.29 is 33.3 Å². The quantitative estimate of drug-likeness (QED) is 0.0248. The first-order valence-corrected chi connectivity index (χ1v) is 35.3. The standard InChI is InChI=1S/C68H119N5O7S2/c1-6-8-10-12-14-16-18-20-22-24-26-28-30-32-34-41-50-68(51-42-35-33-31-29-27-25-23-21-19-17-15-13-11-9-7-2)79-61-62(80-68)60-73(5)56-45-37-36-43-52-69-63(74)46-38-39-47-64(75)70-54-57-77-67(3,4)78-58-55-71-65(76)49-59-81-82-66-48-40-44-53-72-66/h14-17,20-23,40,44,48,53,62H,6-13,18-19,24-39,41-43,45-47,49-52,54-61H2,1-5H3,(H,69,74)(H,70,75)(H,71,76)/b16-14-,17-15-,22-20-,23-21-. The molecule has 1 fully saturated rings. The molecule has 1 aromatic heterocycles. The van der Waals surface area contributed by atoms with Crippen molar-refractivity contribution >= 4 is 39.3 Å². The van der Waals surface area contributed by atoms with Crippen LogP contribution in [0.4, 0.5) is 0 Å². The fourth-order valence-corrected chi connectivity index (χ4v) is 11.7. The van der Waals surface area contributed by atoms with Gasteiger partial charge in [-0.3, -0.25) is 14.4 Å². The molecule has 3 amide bonds. The molecule has 0 aromatic carbocycles. The lowest BCUT2D eigenvalue weighted by atomic mass is 9.98. The molecule has 1 saturated heterocycles. The summed E-state index contributed by atoms with van der Waals surface area (Å²) in [5, 5.41) is 9.76. The lowest BCUT2D eigenvalue weighted by Crippen LogP contribution is -2.36. The fraction of sp³-hybridized carbons (Fsp3) is 0.765. The number of nitrogens with zero attached hydrogens (tertiary/aromatic N) is 2. The van der Waals surface area contributed by atoms with Crippen LogP contribution in [0, 0.1) is 0 Å². The summed E-state index contributed by atoms with van der Waals surface area (Å²) in [7, 11) is 5.38. The average molecular weight is 1180 g/mol. The van der Waals surface area contributed by atoms with Gasteiger partial charge in [0.25, 0.3) is 0 Å². The maximum atomic E-state index is 12.5. The third-order valence-corrected chi connectivity index (χ3v) is 17.0. The maximum Gasteiger partial charge on any atom is 0.220 e. The number of hydrogen-bond donors (Lipinski definition) is 3. The minimum Gasteiger partial charge on any atom is -0.356 e. The van der Waals surface area contributed by atoms with Gasteiger partial charge in [-0.05, 0) is 153 Å². The van der Waals surface area contributed by atoms with Crippen molar-refractivity contribution in [1.29, 1.82) is 0 Å². The first kappa shape index (κ1) is 75.1. The largest absolute Gasteiger partial charge is 0.356 e. The number of ether oxygens (including phenoxy) is 4. The molecule has 470 valence electrons. The van der Waals surface area contributed by atoms with Crippen LogP contribution >= 0.6 is 21.6 Å². The van der Waals surface area contributed by atoms with Crippen molar-refractivity contribution in [3.63, 3.8) is 0 Å². The molecule has 0 radical (unpaired) electrons. The third kappa shape index (κ3) is 46.3. The summed E-state index contributed by atoms with van der Waals surface area (Å²) in [6.07, 6.45) is 59.7. The third-order valence-electron chi connectivity index (χ3n) is 14.7. The maximum absolute atomic E-state index is 12.5. The summed E-state index contributed by atoms with van der Waals surface area (Å²) >= 11 is 0. The number of nitrogens with one attached hydrogen (secondary N) is 3. The van der Waals surface area contributed by atoms with Gasteiger partial charge >= 0.3 is 0 Å². The zero-order valence-corrected chi connectivity index (χ0v) is 54.3. The second kappa shape index (κ2) is 53.5. The van der Waals surface area contributed by atoms with Crippen LogP contribution in [-0.4, -0.2) is 111 Å². The van der Waals surface area contributed by atoms with Crippen molar-refractivity contribution in [3.05, 3.63) is 73.0 Å². The van der Waals surface area contributed by atoms with Crippen LogP contribution in [0.15, 0.2) is 78.0 Å². The molecule has 1 atom stereocenters. The van der Waals surface area contributed by atoms with Gasteiger partial charge in [0.1, 0.15) is 5.03 Å². The predicted molar refractivity (Wildman–Crippen MR) is 348 cm³/mol. The number of hydrogen-bond acceptors (Lipinski definition) is 11. The molecule has 1 aliphatic heterocycles. The van der Waals surface area contributed by atoms with Crippen molar-refractivity contribution in [2.45, 2.75) is 275 Å². The topological polar surface area (TPSA) is 140 Å². The number of unbranched alkanes of at least 4 members (excludes halogenated alkanes) is 22. The Morgan fingerprint density at radius 3 is 1.61 bits per heavy atom. The highest BCUT2D eigenvalue weighted by Gasteiger charge is 2.40. The lowest BCUT2D eigenvalue weighted by molar-refractivity contribution is -0.211. The van der Waals surface area contributed by atoms with E-state index in [9.17, 15) is 14.4 Å². The van der Waals surface area contributed by atoms with E-state index in [2.05, 4.69) is 95.3 Å². The molecule has 1 unspecified atom stereocenters. The van der Waals surface area contributed by atoms with Gasteiger partial charge in [-0.15, -0.1) is 0 Å². The predicted octanol–water partition coefficient (Wildman–Crippen LogP) is 16.9. The number of rotatable bonds is 57. The Balaban J connectivity index is 1.54. The number of aromatic nitrogens is 1. The highest BCUT2D eigenvalue weighted by molar-refractivity contribution is 8.76. The lowest BCUT2D eigenvalue weighted by Gasteiger charge is -2.29. The Labute approximate surface area is 509 Å². The Morgan fingerprint density at radius 1 is 0.610 bits per heavy atom. The smallest absolute Gasteiger partial charge is 0.220 e. The highest BCUT2D eigenvalue weighted by atomic mass is 33.1. The van der Waals surface area contributed by atoms with E-state index in [1.807, 2.05) is 32.0 Å². The van der Waals surface area contributed by atoms with Gasteiger partial charge < -0.3 is 39.8 Å². The summed E-state index contributed by atoms with van der Waals surface area (Å²) < 4.78 is 25.2. The zero-order valence-electron chi connectivity index (χ0n) is 52.7. The van der Waals surface area contributed by atoms with Crippen LogP contribution in [0.5, 0.6) is 0 Å². The molecule has 0 spiro atoms. The SMILES string of the molecule is CCCCC/C=C\C/C=C\CCCCCCCCC1(CCCCCCCC/C=C\C/C=C\CCCCC)OCC(CN(C)CCCCCCNC(=O)CCCCC(=O)NCCOC(C)(C)OCCNC(=O)CCSSc2ccccn2)O1. The second-order valence-corrected chi connectivity index (χ2v) is 25.4. The zero-order chi connectivity index (χ0) is 59.1. The second-order valence-electron chi connectivity index (χ2n) is 23.0. The van der Waals surface area contributed by atoms with Crippen molar-refractivity contribution in [2.24, 2.45) is 0 Å². The molecule has 0 saturated carbocycles. The van der Waals surface area contributed by atoms with Gasteiger partial charge in [0.15, 0.2) is 11.6 Å². The Morgan fingerprint density at radius 2 is 1.09 bits per heavy atom. The summed E-state index contributed by atoms with van der Waals surface area (Å²) in [4.78, 5) is 43.7. The van der Waals surface area contributed by atoms with E-state index in [1.165, 1.54) is 141 Å².